The van der Waals surface area contributed by atoms with Crippen LogP contribution in [0.4, 0.5) is 5.69 Å². The molecule has 2 N–H and O–H groups in total. The van der Waals surface area contributed by atoms with Crippen molar-refractivity contribution in [2.24, 2.45) is 5.10 Å². The van der Waals surface area contributed by atoms with Crippen LogP contribution in [0.15, 0.2) is 51.5 Å². The van der Waals surface area contributed by atoms with Gasteiger partial charge in [-0.15, -0.1) is 0 Å². The predicted octanol–water partition coefficient (Wildman–Crippen LogP) is 4.06. The van der Waals surface area contributed by atoms with Crippen LogP contribution in [0.1, 0.15) is 29.8 Å². The van der Waals surface area contributed by atoms with Gasteiger partial charge in [-0.05, 0) is 71.7 Å². The second-order valence-corrected chi connectivity index (χ2v) is 6.85. The minimum absolute atomic E-state index is 0.0146. The number of benzene rings is 2. The van der Waals surface area contributed by atoms with Crippen LogP contribution in [0.2, 0.25) is 0 Å². The molecule has 8 heteroatoms. The number of carbonyl (C=O) groups excluding carboxylic acids is 1. The standard InChI is InChI=1S/C20H17BrN2O5/c1-3-28-17-9-12(8-16(21)18(17)24)7-15-11(2)22-23(19(15)25)14-6-4-5-13(10-14)20(26)27/h4-10,24H,3H2,1-2H3,(H,26,27). The highest BCUT2D eigenvalue weighted by Crippen LogP contribution is 2.36. The lowest BCUT2D eigenvalue weighted by atomic mass is 10.1. The molecule has 0 atom stereocenters. The van der Waals surface area contributed by atoms with E-state index in [1.807, 2.05) is 0 Å². The molecule has 144 valence electrons. The van der Waals surface area contributed by atoms with Gasteiger partial charge in [0.1, 0.15) is 0 Å². The number of rotatable bonds is 5. The lowest BCUT2D eigenvalue weighted by molar-refractivity contribution is -0.114. The molecule has 0 fully saturated rings. The van der Waals surface area contributed by atoms with Crippen LogP contribution < -0.4 is 9.75 Å². The fourth-order valence-electron chi connectivity index (χ4n) is 2.74. The van der Waals surface area contributed by atoms with Gasteiger partial charge in [-0.1, -0.05) is 6.07 Å². The van der Waals surface area contributed by atoms with E-state index in [1.54, 1.807) is 44.2 Å². The molecule has 0 unspecified atom stereocenters. The average Bonchev–Trinajstić information content (AvgIpc) is 2.94. The summed E-state index contributed by atoms with van der Waals surface area (Å²) in [6.07, 6.45) is 1.65. The molecule has 0 spiro atoms. The smallest absolute Gasteiger partial charge is 0.335 e. The summed E-state index contributed by atoms with van der Waals surface area (Å²) < 4.78 is 5.85. The Balaban J connectivity index is 1.97. The zero-order valence-corrected chi connectivity index (χ0v) is 16.7. The Morgan fingerprint density at radius 1 is 1.32 bits per heavy atom. The zero-order chi connectivity index (χ0) is 20.4. The fourth-order valence-corrected chi connectivity index (χ4v) is 3.20. The number of hydrogen-bond acceptors (Lipinski definition) is 5. The molecule has 1 aliphatic rings. The molecule has 0 aromatic heterocycles. The fraction of sp³-hybridized carbons (Fsp3) is 0.150. The number of carboxylic acid groups (broad SMARTS) is 1. The monoisotopic (exact) mass is 444 g/mol. The van der Waals surface area contributed by atoms with E-state index >= 15 is 0 Å². The predicted molar refractivity (Wildman–Crippen MR) is 109 cm³/mol. The van der Waals surface area contributed by atoms with Crippen LogP contribution in [-0.2, 0) is 4.79 Å². The number of carboxylic acids is 1. The number of anilines is 1. The Hall–Kier alpha value is -3.13. The van der Waals surface area contributed by atoms with Crippen molar-refractivity contribution in [1.82, 2.24) is 0 Å². The molecular formula is C20H17BrN2O5. The maximum Gasteiger partial charge on any atom is 0.335 e. The van der Waals surface area contributed by atoms with Gasteiger partial charge in [0.15, 0.2) is 11.5 Å². The van der Waals surface area contributed by atoms with E-state index in [-0.39, 0.29) is 17.2 Å². The molecular weight excluding hydrogens is 428 g/mol. The van der Waals surface area contributed by atoms with Crippen molar-refractivity contribution in [2.75, 3.05) is 11.6 Å². The summed E-state index contributed by atoms with van der Waals surface area (Å²) in [7, 11) is 0. The third kappa shape index (κ3) is 3.77. The van der Waals surface area contributed by atoms with E-state index in [1.165, 1.54) is 17.1 Å². The van der Waals surface area contributed by atoms with Crippen LogP contribution >= 0.6 is 15.9 Å². The molecule has 2 aromatic carbocycles. The number of halogens is 1. The van der Waals surface area contributed by atoms with E-state index in [9.17, 15) is 14.7 Å². The number of phenolic OH excluding ortho intramolecular Hbond substituents is 1. The van der Waals surface area contributed by atoms with Crippen molar-refractivity contribution < 1.29 is 24.5 Å². The summed E-state index contributed by atoms with van der Waals surface area (Å²) in [5.41, 5.74) is 1.94. The lowest BCUT2D eigenvalue weighted by Gasteiger charge is -2.12. The van der Waals surface area contributed by atoms with Gasteiger partial charge in [0.05, 0.1) is 33.6 Å². The van der Waals surface area contributed by atoms with Crippen molar-refractivity contribution in [3.05, 3.63) is 57.6 Å². The van der Waals surface area contributed by atoms with Crippen molar-refractivity contribution >= 4 is 45.3 Å². The molecule has 0 radical (unpaired) electrons. The number of aromatic carboxylic acids is 1. The number of ether oxygens (including phenoxy) is 1. The Morgan fingerprint density at radius 2 is 2.07 bits per heavy atom. The minimum atomic E-state index is -1.08. The Bertz CT molecular complexity index is 1030. The van der Waals surface area contributed by atoms with Gasteiger partial charge in [0.25, 0.3) is 5.91 Å². The first-order valence-corrected chi connectivity index (χ1v) is 9.21. The summed E-state index contributed by atoms with van der Waals surface area (Å²) >= 11 is 3.28. The van der Waals surface area contributed by atoms with E-state index in [2.05, 4.69) is 21.0 Å². The molecule has 3 rings (SSSR count). The Labute approximate surface area is 169 Å². The first-order chi connectivity index (χ1) is 13.3. The minimum Gasteiger partial charge on any atom is -0.503 e. The summed E-state index contributed by atoms with van der Waals surface area (Å²) in [5, 5.41) is 24.6. The summed E-state index contributed by atoms with van der Waals surface area (Å²) in [4.78, 5) is 24.0. The second-order valence-electron chi connectivity index (χ2n) is 6.00. The molecule has 0 saturated heterocycles. The number of carbonyl (C=O) groups is 2. The molecule has 1 heterocycles. The first kappa shape index (κ1) is 19.6. The normalized spacial score (nSPS) is 15.1. The zero-order valence-electron chi connectivity index (χ0n) is 15.1. The van der Waals surface area contributed by atoms with Crippen molar-refractivity contribution in [2.45, 2.75) is 13.8 Å². The first-order valence-electron chi connectivity index (χ1n) is 8.42. The van der Waals surface area contributed by atoms with Gasteiger partial charge in [0, 0.05) is 0 Å². The summed E-state index contributed by atoms with van der Waals surface area (Å²) in [5.74, 6) is -1.17. The van der Waals surface area contributed by atoms with E-state index in [0.717, 1.165) is 0 Å². The summed E-state index contributed by atoms with van der Waals surface area (Å²) in [6.45, 7) is 3.88. The molecule has 1 amide bonds. The third-order valence-electron chi connectivity index (χ3n) is 4.06. The van der Waals surface area contributed by atoms with Crippen LogP contribution in [0, 0.1) is 0 Å². The van der Waals surface area contributed by atoms with Gasteiger partial charge >= 0.3 is 5.97 Å². The van der Waals surface area contributed by atoms with Gasteiger partial charge in [-0.3, -0.25) is 4.79 Å². The topological polar surface area (TPSA) is 99.4 Å². The van der Waals surface area contributed by atoms with Crippen LogP contribution in [-0.4, -0.2) is 34.4 Å². The third-order valence-corrected chi connectivity index (χ3v) is 4.67. The van der Waals surface area contributed by atoms with Crippen molar-refractivity contribution in [3.8, 4) is 11.5 Å². The Morgan fingerprint density at radius 3 is 2.75 bits per heavy atom. The van der Waals surface area contributed by atoms with Crippen molar-refractivity contribution in [1.29, 1.82) is 0 Å². The molecule has 28 heavy (non-hydrogen) atoms. The number of aromatic hydroxyl groups is 1. The number of phenols is 1. The van der Waals surface area contributed by atoms with Crippen LogP contribution in [0.25, 0.3) is 6.08 Å². The van der Waals surface area contributed by atoms with Crippen molar-refractivity contribution in [3.63, 3.8) is 0 Å². The van der Waals surface area contributed by atoms with E-state index < -0.39 is 5.97 Å². The second kappa shape index (κ2) is 7.85. The number of nitrogens with zero attached hydrogens (tertiary/aromatic N) is 2. The molecule has 0 aliphatic carbocycles. The van der Waals surface area contributed by atoms with Crippen LogP contribution in [0.3, 0.4) is 0 Å². The van der Waals surface area contributed by atoms with E-state index in [4.69, 9.17) is 9.84 Å². The SMILES string of the molecule is CCOc1cc(C=C2C(=O)N(c3cccc(C(=O)O)c3)N=C2C)cc(Br)c1O. The molecule has 1 aliphatic heterocycles. The van der Waals surface area contributed by atoms with E-state index in [0.29, 0.717) is 39.4 Å². The highest BCUT2D eigenvalue weighted by Gasteiger charge is 2.29. The van der Waals surface area contributed by atoms with Crippen LogP contribution in [0.5, 0.6) is 11.5 Å². The number of amides is 1. The Kier molecular flexibility index (Phi) is 5.51. The highest BCUT2D eigenvalue weighted by atomic mass is 79.9. The quantitative estimate of drug-likeness (QED) is 0.677. The average molecular weight is 445 g/mol. The molecule has 2 aromatic rings. The number of hydrogen-bond donors (Lipinski definition) is 2. The largest absolute Gasteiger partial charge is 0.503 e. The van der Waals surface area contributed by atoms with Gasteiger partial charge in [0.2, 0.25) is 0 Å². The van der Waals surface area contributed by atoms with Gasteiger partial charge < -0.3 is 14.9 Å². The van der Waals surface area contributed by atoms with Gasteiger partial charge in [-0.25, -0.2) is 4.79 Å². The lowest BCUT2D eigenvalue weighted by Crippen LogP contribution is -2.21. The van der Waals surface area contributed by atoms with Gasteiger partial charge in [-0.2, -0.15) is 10.1 Å². The molecule has 7 nitrogen and oxygen atoms in total. The molecule has 0 saturated carbocycles. The maximum atomic E-state index is 12.9. The molecule has 0 bridgehead atoms. The number of hydrazone groups is 1. The maximum absolute atomic E-state index is 12.9. The summed E-state index contributed by atoms with van der Waals surface area (Å²) in [6, 6.07) is 9.32. The highest BCUT2D eigenvalue weighted by molar-refractivity contribution is 9.10.